The highest BCUT2D eigenvalue weighted by Crippen LogP contribution is 2.67. The van der Waals surface area contributed by atoms with Gasteiger partial charge in [-0.2, -0.15) is 12.6 Å². The topological polar surface area (TPSA) is 40.5 Å². The van der Waals surface area contributed by atoms with Gasteiger partial charge >= 0.3 is 0 Å². The third kappa shape index (κ3) is 7.37. The van der Waals surface area contributed by atoms with Crippen LogP contribution < -0.4 is 0 Å². The van der Waals surface area contributed by atoms with E-state index in [1.807, 2.05) is 20.8 Å². The molecule has 0 bridgehead atoms. The number of thiol groups is 1. The molecule has 4 aliphatic rings. The Kier molecular flexibility index (Phi) is 13.7. The minimum Gasteiger partial charge on any atom is -0.513 e. The maximum absolute atomic E-state index is 10.7. The van der Waals surface area contributed by atoms with Crippen molar-refractivity contribution in [3.63, 3.8) is 0 Å². The molecule has 0 spiro atoms. The molecule has 4 aliphatic carbocycles. The average Bonchev–Trinajstić information content (AvgIpc) is 3.19. The molecule has 0 aromatic heterocycles. The van der Waals surface area contributed by atoms with Gasteiger partial charge in [0.25, 0.3) is 0 Å². The van der Waals surface area contributed by atoms with Gasteiger partial charge in [0.1, 0.15) is 0 Å². The molecule has 6 unspecified atom stereocenters. The highest BCUT2D eigenvalue weighted by molar-refractivity contribution is 7.79. The van der Waals surface area contributed by atoms with E-state index in [-0.39, 0.29) is 0 Å². The molecule has 0 amide bonds. The van der Waals surface area contributed by atoms with Gasteiger partial charge in [-0.3, -0.25) is 0 Å². The number of hydrogen-bond acceptors (Lipinski definition) is 3. The second kappa shape index (κ2) is 14.7. The normalized spacial score (nSPS) is 39.1. The van der Waals surface area contributed by atoms with E-state index in [4.69, 9.17) is 0 Å². The van der Waals surface area contributed by atoms with Crippen LogP contribution in [0.25, 0.3) is 0 Å². The van der Waals surface area contributed by atoms with Crippen molar-refractivity contribution in [3.05, 3.63) is 24.0 Å². The smallest absolute Gasteiger partial charge is 0.0851 e. The average molecular weight is 523 g/mol. The van der Waals surface area contributed by atoms with Crippen molar-refractivity contribution in [2.45, 2.75) is 138 Å². The predicted molar refractivity (Wildman–Crippen MR) is 163 cm³/mol. The first-order valence-corrected chi connectivity index (χ1v) is 16.1. The Bertz CT molecular complexity index is 698. The Balaban J connectivity index is 0.000000844. The van der Waals surface area contributed by atoms with E-state index in [1.165, 1.54) is 51.4 Å². The van der Waals surface area contributed by atoms with Crippen LogP contribution in [0.3, 0.4) is 0 Å². The SMILES string of the molecule is C=C(O)CCC[C@@H](C)C1CCC2C3CC=C4C[C@@](C)(O)CCC4(C)C3CCC21C.CC.CCC.CS. The predicted octanol–water partition coefficient (Wildman–Crippen LogP) is 10.2. The number of hydrogen-bond donors (Lipinski definition) is 3. The Labute approximate surface area is 231 Å². The summed E-state index contributed by atoms with van der Waals surface area (Å²) in [5, 5.41) is 20.1. The van der Waals surface area contributed by atoms with Crippen molar-refractivity contribution >= 4 is 12.6 Å². The van der Waals surface area contributed by atoms with Crippen LogP contribution in [0, 0.1) is 40.4 Å². The van der Waals surface area contributed by atoms with Crippen LogP contribution in [0.1, 0.15) is 132 Å². The Morgan fingerprint density at radius 3 is 2.25 bits per heavy atom. The summed E-state index contributed by atoms with van der Waals surface area (Å²) in [6, 6.07) is 0. The monoisotopic (exact) mass is 522 g/mol. The molecule has 3 saturated carbocycles. The molecule has 0 aliphatic heterocycles. The minimum atomic E-state index is -0.491. The third-order valence-corrected chi connectivity index (χ3v) is 10.3. The molecule has 3 fully saturated rings. The fourth-order valence-corrected chi connectivity index (χ4v) is 8.61. The minimum absolute atomic E-state index is 0.331. The van der Waals surface area contributed by atoms with E-state index >= 15 is 0 Å². The first kappa shape index (κ1) is 33.6. The van der Waals surface area contributed by atoms with Crippen molar-refractivity contribution < 1.29 is 10.2 Å². The summed E-state index contributed by atoms with van der Waals surface area (Å²) in [5.41, 5.74) is 1.91. The van der Waals surface area contributed by atoms with Gasteiger partial charge in [0.15, 0.2) is 0 Å². The first-order chi connectivity index (χ1) is 17.0. The van der Waals surface area contributed by atoms with Gasteiger partial charge in [-0.05, 0) is 118 Å². The van der Waals surface area contributed by atoms with Gasteiger partial charge in [-0.1, -0.05) is 73.1 Å². The Morgan fingerprint density at radius 1 is 1.06 bits per heavy atom. The van der Waals surface area contributed by atoms with Crippen molar-refractivity contribution in [2.24, 2.45) is 40.4 Å². The van der Waals surface area contributed by atoms with E-state index in [2.05, 4.69) is 59.9 Å². The number of aliphatic hydroxyl groups excluding tert-OH is 1. The highest BCUT2D eigenvalue weighted by Gasteiger charge is 2.59. The molecule has 3 heteroatoms. The van der Waals surface area contributed by atoms with Gasteiger partial charge < -0.3 is 10.2 Å². The van der Waals surface area contributed by atoms with Gasteiger partial charge in [0.2, 0.25) is 0 Å². The fraction of sp³-hybridized carbons (Fsp3) is 0.879. The number of rotatable bonds is 5. The summed E-state index contributed by atoms with van der Waals surface area (Å²) < 4.78 is 0. The zero-order valence-electron chi connectivity index (χ0n) is 25.5. The molecule has 212 valence electrons. The summed E-state index contributed by atoms with van der Waals surface area (Å²) in [6.07, 6.45) is 18.4. The van der Waals surface area contributed by atoms with E-state index in [1.54, 1.807) is 11.8 Å². The van der Waals surface area contributed by atoms with E-state index in [0.29, 0.717) is 16.6 Å². The van der Waals surface area contributed by atoms with Crippen LogP contribution in [0.5, 0.6) is 0 Å². The van der Waals surface area contributed by atoms with E-state index in [0.717, 1.165) is 55.3 Å². The van der Waals surface area contributed by atoms with Crippen LogP contribution in [-0.4, -0.2) is 22.1 Å². The second-order valence-electron chi connectivity index (χ2n) is 12.8. The molecule has 4 rings (SSSR count). The standard InChI is InChI=1S/C27H44O2.C3H8.C2H6.CH4S/c1-18(7-6-8-19(2)28)22-11-12-23-21-10-9-20-17-25(3,29)15-16-26(20,4)24(21)13-14-27(22,23)5;1-3-2;2*1-2/h9,18,21-24,28-29H,2,6-8,10-17H2,1,3-5H3;3H2,1-2H3;1-2H3;2H,1H3/t18-,21?,22?,23?,24?,25+,26?,27?;;;/m1.../s1. The molecule has 0 aromatic rings. The molecule has 2 nitrogen and oxygen atoms in total. The summed E-state index contributed by atoms with van der Waals surface area (Å²) in [4.78, 5) is 0. The molecule has 0 heterocycles. The van der Waals surface area contributed by atoms with Gasteiger partial charge in [-0.25, -0.2) is 0 Å². The summed E-state index contributed by atoms with van der Waals surface area (Å²) in [5.74, 6) is 4.47. The van der Waals surface area contributed by atoms with E-state index in [9.17, 15) is 10.2 Å². The van der Waals surface area contributed by atoms with Gasteiger partial charge in [-0.15, -0.1) is 0 Å². The van der Waals surface area contributed by atoms with Crippen LogP contribution in [0.2, 0.25) is 0 Å². The lowest BCUT2D eigenvalue weighted by Crippen LogP contribution is -2.52. The lowest BCUT2D eigenvalue weighted by atomic mass is 9.46. The lowest BCUT2D eigenvalue weighted by Gasteiger charge is -2.59. The molecule has 0 radical (unpaired) electrons. The molecule has 2 N–H and O–H groups in total. The quantitative estimate of drug-likeness (QED) is 0.191. The van der Waals surface area contributed by atoms with Crippen LogP contribution >= 0.6 is 12.6 Å². The maximum Gasteiger partial charge on any atom is 0.0851 e. The van der Waals surface area contributed by atoms with Crippen molar-refractivity contribution in [3.8, 4) is 0 Å². The van der Waals surface area contributed by atoms with Crippen molar-refractivity contribution in [2.75, 3.05) is 6.26 Å². The summed E-state index contributed by atoms with van der Waals surface area (Å²) in [7, 11) is 0. The highest BCUT2D eigenvalue weighted by atomic mass is 32.1. The molecule has 0 aromatic carbocycles. The molecular formula is C33H62O2S. The lowest BCUT2D eigenvalue weighted by molar-refractivity contribution is -0.0705. The van der Waals surface area contributed by atoms with Gasteiger partial charge in [0, 0.05) is 6.42 Å². The first-order valence-electron chi connectivity index (χ1n) is 15.2. The zero-order valence-corrected chi connectivity index (χ0v) is 26.4. The molecular weight excluding hydrogens is 460 g/mol. The van der Waals surface area contributed by atoms with Crippen LogP contribution in [0.4, 0.5) is 0 Å². The Hall–Kier alpha value is -0.410. The maximum atomic E-state index is 10.7. The number of fused-ring (bicyclic) bond motifs is 5. The molecule has 8 atom stereocenters. The van der Waals surface area contributed by atoms with Crippen LogP contribution in [0.15, 0.2) is 24.0 Å². The van der Waals surface area contributed by atoms with Crippen molar-refractivity contribution in [1.82, 2.24) is 0 Å². The summed E-state index contributed by atoms with van der Waals surface area (Å²) >= 11 is 3.53. The largest absolute Gasteiger partial charge is 0.513 e. The van der Waals surface area contributed by atoms with Crippen molar-refractivity contribution in [1.29, 1.82) is 0 Å². The fourth-order valence-electron chi connectivity index (χ4n) is 8.61. The van der Waals surface area contributed by atoms with E-state index < -0.39 is 5.60 Å². The second-order valence-corrected chi connectivity index (χ2v) is 12.8. The molecule has 36 heavy (non-hydrogen) atoms. The van der Waals surface area contributed by atoms with Crippen LogP contribution in [-0.2, 0) is 0 Å². The summed E-state index contributed by atoms with van der Waals surface area (Å²) in [6.45, 7) is 21.6. The zero-order chi connectivity index (χ0) is 27.7. The third-order valence-electron chi connectivity index (χ3n) is 10.3. The van der Waals surface area contributed by atoms with Gasteiger partial charge in [0.05, 0.1) is 11.4 Å². The molecule has 0 saturated heterocycles. The Morgan fingerprint density at radius 2 is 1.67 bits per heavy atom. The number of allylic oxidation sites excluding steroid dienone is 2. The number of aliphatic hydroxyl groups is 2.